The Bertz CT molecular complexity index is 339. The number of alkyl halides is 2. The van der Waals surface area contributed by atoms with Crippen molar-refractivity contribution in [2.75, 3.05) is 0 Å². The molecule has 0 aromatic carbocycles. The number of carboxylic acid groups (broad SMARTS) is 1. The van der Waals surface area contributed by atoms with Gasteiger partial charge in [0.1, 0.15) is 0 Å². The summed E-state index contributed by atoms with van der Waals surface area (Å²) in [6, 6.07) is 0.940. The number of carboxylic acids is 1. The minimum Gasteiger partial charge on any atom is -0.478 e. The molecule has 0 amide bonds. The number of aromatic nitrogens is 1. The van der Waals surface area contributed by atoms with Crippen molar-refractivity contribution in [3.8, 4) is 0 Å². The van der Waals surface area contributed by atoms with Gasteiger partial charge in [0.15, 0.2) is 0 Å². The van der Waals surface area contributed by atoms with Gasteiger partial charge in [-0.25, -0.2) is 13.6 Å². The van der Waals surface area contributed by atoms with E-state index in [4.69, 9.17) is 5.11 Å². The molecule has 0 unspecified atom stereocenters. The van der Waals surface area contributed by atoms with Crippen LogP contribution in [0.3, 0.4) is 0 Å². The van der Waals surface area contributed by atoms with Gasteiger partial charge in [0.25, 0.3) is 6.43 Å². The maximum Gasteiger partial charge on any atom is 0.337 e. The molecule has 0 aliphatic heterocycles. The van der Waals surface area contributed by atoms with E-state index < -0.39 is 12.4 Å². The third kappa shape index (κ3) is 1.99. The zero-order valence-corrected chi connectivity index (χ0v) is 6.79. The number of rotatable bonds is 2. The zero-order chi connectivity index (χ0) is 10.0. The van der Waals surface area contributed by atoms with Gasteiger partial charge in [0.2, 0.25) is 0 Å². The Morgan fingerprint density at radius 3 is 2.69 bits per heavy atom. The molecule has 70 valence electrons. The summed E-state index contributed by atoms with van der Waals surface area (Å²) in [7, 11) is 0. The second kappa shape index (κ2) is 3.47. The molecule has 1 N–H and O–H groups in total. The lowest BCUT2D eigenvalue weighted by atomic mass is 10.1. The quantitative estimate of drug-likeness (QED) is 0.770. The highest BCUT2D eigenvalue weighted by atomic mass is 19.3. The Morgan fingerprint density at radius 1 is 1.62 bits per heavy atom. The van der Waals surface area contributed by atoms with Crippen molar-refractivity contribution in [2.24, 2.45) is 0 Å². The first-order valence-corrected chi connectivity index (χ1v) is 3.50. The van der Waals surface area contributed by atoms with Gasteiger partial charge in [-0.2, -0.15) is 0 Å². The predicted octanol–water partition coefficient (Wildman–Crippen LogP) is 2.03. The molecule has 0 saturated carbocycles. The van der Waals surface area contributed by atoms with Crippen molar-refractivity contribution in [3.05, 3.63) is 29.1 Å². The molecule has 0 saturated heterocycles. The first-order chi connectivity index (χ1) is 6.02. The summed E-state index contributed by atoms with van der Waals surface area (Å²) in [5, 5.41) is 8.59. The molecule has 0 radical (unpaired) electrons. The number of nitrogens with zero attached hydrogens (tertiary/aromatic N) is 1. The Labute approximate surface area is 73.0 Å². The first kappa shape index (κ1) is 9.57. The third-order valence-electron chi connectivity index (χ3n) is 1.59. The molecule has 0 aliphatic rings. The summed E-state index contributed by atoms with van der Waals surface area (Å²) in [4.78, 5) is 14.1. The fraction of sp³-hybridized carbons (Fsp3) is 0.250. The van der Waals surface area contributed by atoms with Crippen LogP contribution in [0.4, 0.5) is 8.78 Å². The standard InChI is InChI=1S/C8H7F2NO2/c1-4-6(8(12)13)2-5(3-11-4)7(9)10/h2-3,7H,1H3,(H,12,13). The van der Waals surface area contributed by atoms with Crippen LogP contribution in [-0.2, 0) is 0 Å². The van der Waals surface area contributed by atoms with Crippen LogP contribution in [0.5, 0.6) is 0 Å². The molecule has 0 fully saturated rings. The topological polar surface area (TPSA) is 50.2 Å². The van der Waals surface area contributed by atoms with Gasteiger partial charge >= 0.3 is 5.97 Å². The number of aromatic carboxylic acids is 1. The van der Waals surface area contributed by atoms with E-state index in [-0.39, 0.29) is 16.8 Å². The van der Waals surface area contributed by atoms with Crippen molar-refractivity contribution in [3.63, 3.8) is 0 Å². The summed E-state index contributed by atoms with van der Waals surface area (Å²) in [6.45, 7) is 1.46. The molecule has 0 bridgehead atoms. The molecular formula is C8H7F2NO2. The lowest BCUT2D eigenvalue weighted by Crippen LogP contribution is -2.03. The summed E-state index contributed by atoms with van der Waals surface area (Å²) < 4.78 is 24.2. The average Bonchev–Trinajstić information content (AvgIpc) is 2.04. The van der Waals surface area contributed by atoms with Gasteiger partial charge in [-0.05, 0) is 13.0 Å². The highest BCUT2D eigenvalue weighted by molar-refractivity contribution is 5.88. The number of aryl methyl sites for hydroxylation is 1. The molecule has 0 spiro atoms. The van der Waals surface area contributed by atoms with E-state index in [2.05, 4.69) is 4.98 Å². The Hall–Kier alpha value is -1.52. The molecule has 0 aliphatic carbocycles. The third-order valence-corrected chi connectivity index (χ3v) is 1.59. The second-order valence-electron chi connectivity index (χ2n) is 2.51. The fourth-order valence-electron chi connectivity index (χ4n) is 0.885. The minimum absolute atomic E-state index is 0.183. The number of hydrogen-bond acceptors (Lipinski definition) is 2. The molecule has 1 rings (SSSR count). The smallest absolute Gasteiger partial charge is 0.337 e. The van der Waals surface area contributed by atoms with E-state index >= 15 is 0 Å². The first-order valence-electron chi connectivity index (χ1n) is 3.50. The molecule has 1 aromatic rings. The molecule has 13 heavy (non-hydrogen) atoms. The monoisotopic (exact) mass is 187 g/mol. The normalized spacial score (nSPS) is 10.5. The Balaban J connectivity index is 3.19. The molecule has 5 heteroatoms. The van der Waals surface area contributed by atoms with Crippen LogP contribution in [0.25, 0.3) is 0 Å². The minimum atomic E-state index is -2.69. The number of hydrogen-bond donors (Lipinski definition) is 1. The van der Waals surface area contributed by atoms with Crippen LogP contribution in [0.2, 0.25) is 0 Å². The summed E-state index contributed by atoms with van der Waals surface area (Å²) in [5.41, 5.74) is -0.322. The van der Waals surface area contributed by atoms with Crippen LogP contribution >= 0.6 is 0 Å². The number of pyridine rings is 1. The summed E-state index contributed by atoms with van der Waals surface area (Å²) >= 11 is 0. The largest absolute Gasteiger partial charge is 0.478 e. The molecule has 1 heterocycles. The van der Waals surface area contributed by atoms with E-state index in [1.807, 2.05) is 0 Å². The van der Waals surface area contributed by atoms with Crippen molar-refractivity contribution in [2.45, 2.75) is 13.3 Å². The van der Waals surface area contributed by atoms with Crippen LogP contribution in [0, 0.1) is 6.92 Å². The fourth-order valence-corrected chi connectivity index (χ4v) is 0.885. The summed E-state index contributed by atoms with van der Waals surface area (Å²) in [5.74, 6) is -1.24. The van der Waals surface area contributed by atoms with Gasteiger partial charge in [-0.3, -0.25) is 4.98 Å². The average molecular weight is 187 g/mol. The highest BCUT2D eigenvalue weighted by Gasteiger charge is 2.13. The van der Waals surface area contributed by atoms with E-state index in [0.717, 1.165) is 12.3 Å². The number of halogens is 2. The van der Waals surface area contributed by atoms with Crippen molar-refractivity contribution >= 4 is 5.97 Å². The van der Waals surface area contributed by atoms with Crippen molar-refractivity contribution in [1.29, 1.82) is 0 Å². The van der Waals surface area contributed by atoms with Gasteiger partial charge in [-0.1, -0.05) is 0 Å². The van der Waals surface area contributed by atoms with E-state index in [1.54, 1.807) is 0 Å². The lowest BCUT2D eigenvalue weighted by Gasteiger charge is -2.02. The van der Waals surface area contributed by atoms with Crippen LogP contribution in [-0.4, -0.2) is 16.1 Å². The maximum atomic E-state index is 12.1. The van der Waals surface area contributed by atoms with Gasteiger partial charge in [0.05, 0.1) is 11.3 Å². The molecule has 0 atom stereocenters. The van der Waals surface area contributed by atoms with Crippen LogP contribution in [0.15, 0.2) is 12.3 Å². The van der Waals surface area contributed by atoms with Crippen LogP contribution in [0.1, 0.15) is 28.0 Å². The van der Waals surface area contributed by atoms with E-state index in [9.17, 15) is 13.6 Å². The van der Waals surface area contributed by atoms with Gasteiger partial charge in [-0.15, -0.1) is 0 Å². The Kier molecular flexibility index (Phi) is 2.55. The molecule has 3 nitrogen and oxygen atoms in total. The zero-order valence-electron chi connectivity index (χ0n) is 6.79. The van der Waals surface area contributed by atoms with Crippen molar-refractivity contribution in [1.82, 2.24) is 4.98 Å². The van der Waals surface area contributed by atoms with Gasteiger partial charge in [0, 0.05) is 11.8 Å². The predicted molar refractivity (Wildman–Crippen MR) is 40.9 cm³/mol. The molecule has 1 aromatic heterocycles. The SMILES string of the molecule is Cc1ncc(C(F)F)cc1C(=O)O. The number of carbonyl (C=O) groups is 1. The highest BCUT2D eigenvalue weighted by Crippen LogP contribution is 2.19. The van der Waals surface area contributed by atoms with E-state index in [1.165, 1.54) is 6.92 Å². The summed E-state index contributed by atoms with van der Waals surface area (Å²) in [6.07, 6.45) is -1.71. The second-order valence-corrected chi connectivity index (χ2v) is 2.51. The van der Waals surface area contributed by atoms with Gasteiger partial charge < -0.3 is 5.11 Å². The lowest BCUT2D eigenvalue weighted by molar-refractivity contribution is 0.0695. The van der Waals surface area contributed by atoms with E-state index in [0.29, 0.717) is 0 Å². The maximum absolute atomic E-state index is 12.1. The molecular weight excluding hydrogens is 180 g/mol. The van der Waals surface area contributed by atoms with Crippen molar-refractivity contribution < 1.29 is 18.7 Å². The van der Waals surface area contributed by atoms with Crippen LogP contribution < -0.4 is 0 Å². The Morgan fingerprint density at radius 2 is 2.23 bits per heavy atom.